The Morgan fingerprint density at radius 2 is 1.80 bits per heavy atom. The number of ether oxygens (including phenoxy) is 1. The van der Waals surface area contributed by atoms with Crippen molar-refractivity contribution in [2.75, 3.05) is 12.0 Å². The van der Waals surface area contributed by atoms with E-state index in [-0.39, 0.29) is 5.71 Å². The van der Waals surface area contributed by atoms with E-state index in [1.54, 1.807) is 12.1 Å². The van der Waals surface area contributed by atoms with Gasteiger partial charge in [0.2, 0.25) is 11.8 Å². The van der Waals surface area contributed by atoms with Crippen molar-refractivity contribution in [1.29, 1.82) is 0 Å². The van der Waals surface area contributed by atoms with Gasteiger partial charge < -0.3 is 4.74 Å². The summed E-state index contributed by atoms with van der Waals surface area (Å²) < 4.78 is 4.64. The van der Waals surface area contributed by atoms with Gasteiger partial charge in [-0.2, -0.15) is 5.10 Å². The number of amides is 3. The summed E-state index contributed by atoms with van der Waals surface area (Å²) in [6, 6.07) is 5.83. The molecule has 0 unspecified atom stereocenters. The summed E-state index contributed by atoms with van der Waals surface area (Å²) in [6.07, 6.45) is 0.824. The Labute approximate surface area is 144 Å². The van der Waals surface area contributed by atoms with E-state index in [4.69, 9.17) is 0 Å². The van der Waals surface area contributed by atoms with Crippen LogP contribution < -0.4 is 4.90 Å². The van der Waals surface area contributed by atoms with Gasteiger partial charge in [0.15, 0.2) is 11.8 Å². The molecule has 1 aromatic rings. The minimum absolute atomic E-state index is 0.228. The zero-order chi connectivity index (χ0) is 18.3. The highest BCUT2D eigenvalue weighted by Crippen LogP contribution is 2.35. The van der Waals surface area contributed by atoms with E-state index in [1.807, 2.05) is 19.1 Å². The Bertz CT molecular complexity index is 799. The number of rotatable bonds is 3. The Morgan fingerprint density at radius 3 is 2.32 bits per heavy atom. The van der Waals surface area contributed by atoms with Gasteiger partial charge in [0, 0.05) is 6.92 Å². The number of methoxy groups -OCH3 is 1. The average Bonchev–Trinajstić information content (AvgIpc) is 3.12. The summed E-state index contributed by atoms with van der Waals surface area (Å²) in [5, 5.41) is 4.74. The maximum atomic E-state index is 12.8. The van der Waals surface area contributed by atoms with Gasteiger partial charge in [-0.15, -0.1) is 0 Å². The Hall–Kier alpha value is -3.03. The number of aryl methyl sites for hydroxylation is 1. The number of hydrogen-bond donors (Lipinski definition) is 0. The van der Waals surface area contributed by atoms with Gasteiger partial charge in [0.1, 0.15) is 5.92 Å². The largest absolute Gasteiger partial charge is 0.464 e. The van der Waals surface area contributed by atoms with E-state index in [0.29, 0.717) is 5.69 Å². The second-order valence-electron chi connectivity index (χ2n) is 5.79. The van der Waals surface area contributed by atoms with Gasteiger partial charge in [0.25, 0.3) is 5.91 Å². The van der Waals surface area contributed by atoms with Gasteiger partial charge in [-0.1, -0.05) is 19.1 Å². The molecule has 0 aliphatic carbocycles. The maximum Gasteiger partial charge on any atom is 0.355 e. The number of hydrogen-bond acceptors (Lipinski definition) is 6. The number of fused-ring (bicyclic) bond motifs is 1. The van der Waals surface area contributed by atoms with E-state index in [2.05, 4.69) is 9.84 Å². The lowest BCUT2D eigenvalue weighted by Gasteiger charge is -2.19. The molecule has 3 amide bonds. The minimum Gasteiger partial charge on any atom is -0.464 e. The van der Waals surface area contributed by atoms with E-state index >= 15 is 0 Å². The fourth-order valence-corrected chi connectivity index (χ4v) is 3.08. The van der Waals surface area contributed by atoms with Crippen LogP contribution in [0.25, 0.3) is 0 Å². The number of hydrazone groups is 1. The average molecular weight is 343 g/mol. The molecule has 0 aromatic heterocycles. The zero-order valence-electron chi connectivity index (χ0n) is 14.1. The minimum atomic E-state index is -1.15. The summed E-state index contributed by atoms with van der Waals surface area (Å²) in [5.74, 6) is -3.68. The molecule has 0 saturated carbocycles. The molecule has 0 spiro atoms. The summed E-state index contributed by atoms with van der Waals surface area (Å²) >= 11 is 0. The highest BCUT2D eigenvalue weighted by molar-refractivity contribution is 6.47. The molecule has 8 nitrogen and oxygen atoms in total. The van der Waals surface area contributed by atoms with Crippen molar-refractivity contribution in [2.45, 2.75) is 26.3 Å². The molecule has 2 aliphatic rings. The lowest BCUT2D eigenvalue weighted by atomic mass is 9.98. The van der Waals surface area contributed by atoms with Crippen molar-refractivity contribution in [2.24, 2.45) is 11.0 Å². The fourth-order valence-electron chi connectivity index (χ4n) is 3.08. The van der Waals surface area contributed by atoms with Crippen LogP contribution >= 0.6 is 0 Å². The van der Waals surface area contributed by atoms with Crippen LogP contribution in [0.1, 0.15) is 19.4 Å². The van der Waals surface area contributed by atoms with E-state index in [9.17, 15) is 19.2 Å². The molecule has 1 saturated heterocycles. The van der Waals surface area contributed by atoms with Gasteiger partial charge in [0.05, 0.1) is 12.8 Å². The number of esters is 1. The zero-order valence-corrected chi connectivity index (χ0v) is 14.1. The molecule has 1 aromatic carbocycles. The maximum absolute atomic E-state index is 12.8. The van der Waals surface area contributed by atoms with Gasteiger partial charge >= 0.3 is 5.97 Å². The third-order valence-corrected chi connectivity index (χ3v) is 4.37. The predicted molar refractivity (Wildman–Crippen MR) is 87.6 cm³/mol. The van der Waals surface area contributed by atoms with Crippen LogP contribution in [0.3, 0.4) is 0 Å². The number of imide groups is 1. The van der Waals surface area contributed by atoms with Crippen molar-refractivity contribution in [1.82, 2.24) is 5.01 Å². The van der Waals surface area contributed by atoms with Crippen LogP contribution in [0, 0.1) is 5.92 Å². The first-order valence-corrected chi connectivity index (χ1v) is 7.84. The van der Waals surface area contributed by atoms with Gasteiger partial charge in [-0.25, -0.2) is 14.7 Å². The third-order valence-electron chi connectivity index (χ3n) is 4.37. The van der Waals surface area contributed by atoms with Crippen LogP contribution in [-0.2, 0) is 30.3 Å². The standard InChI is InChI=1S/C17H17N3O5/c1-4-10-5-7-11(8-6-10)19-15(22)12-13(17(24)25-3)18-20(9(2)21)14(12)16(19)23/h5-8,12,14H,4H2,1-3H3/t12-,14+/m0/s1. The van der Waals surface area contributed by atoms with Gasteiger partial charge in [-0.05, 0) is 24.1 Å². The summed E-state index contributed by atoms with van der Waals surface area (Å²) in [7, 11) is 1.15. The van der Waals surface area contributed by atoms with Crippen molar-refractivity contribution in [3.8, 4) is 0 Å². The monoisotopic (exact) mass is 343 g/mol. The highest BCUT2D eigenvalue weighted by atomic mass is 16.5. The van der Waals surface area contributed by atoms with Crippen LogP contribution in [0.4, 0.5) is 5.69 Å². The Kier molecular flexibility index (Phi) is 4.12. The van der Waals surface area contributed by atoms with Crippen molar-refractivity contribution in [3.63, 3.8) is 0 Å². The van der Waals surface area contributed by atoms with E-state index in [1.165, 1.54) is 6.92 Å². The molecule has 2 atom stereocenters. The number of carbonyl (C=O) groups excluding carboxylic acids is 4. The second kappa shape index (κ2) is 6.12. The van der Waals surface area contributed by atoms with Crippen LogP contribution in [0.15, 0.2) is 29.4 Å². The Morgan fingerprint density at radius 1 is 1.16 bits per heavy atom. The number of carbonyl (C=O) groups is 4. The lowest BCUT2D eigenvalue weighted by molar-refractivity contribution is -0.136. The lowest BCUT2D eigenvalue weighted by Crippen LogP contribution is -2.41. The molecule has 25 heavy (non-hydrogen) atoms. The topological polar surface area (TPSA) is 96.3 Å². The molecule has 2 heterocycles. The molecular weight excluding hydrogens is 326 g/mol. The first-order chi connectivity index (χ1) is 11.9. The number of nitrogens with zero attached hydrogens (tertiary/aromatic N) is 3. The number of anilines is 1. The fraction of sp³-hybridized carbons (Fsp3) is 0.353. The van der Waals surface area contributed by atoms with Crippen LogP contribution in [-0.4, -0.2) is 47.6 Å². The SMILES string of the molecule is CCc1ccc(N2C(=O)[C@H]3C(C(=O)OC)=NN(C(C)=O)[C@H]3C2=O)cc1. The quantitative estimate of drug-likeness (QED) is 0.588. The molecule has 0 N–H and O–H groups in total. The summed E-state index contributed by atoms with van der Waals surface area (Å²) in [4.78, 5) is 50.4. The first kappa shape index (κ1) is 16.8. The normalized spacial score (nSPS) is 22.1. The molecule has 0 bridgehead atoms. The molecule has 1 fully saturated rings. The molecular formula is C17H17N3O5. The molecule has 3 rings (SSSR count). The third kappa shape index (κ3) is 2.50. The van der Waals surface area contributed by atoms with Crippen LogP contribution in [0.5, 0.6) is 0 Å². The second-order valence-corrected chi connectivity index (χ2v) is 5.79. The van der Waals surface area contributed by atoms with Gasteiger partial charge in [-0.3, -0.25) is 14.4 Å². The van der Waals surface area contributed by atoms with Crippen LogP contribution in [0.2, 0.25) is 0 Å². The summed E-state index contributed by atoms with van der Waals surface area (Å²) in [6.45, 7) is 3.21. The van der Waals surface area contributed by atoms with Crippen molar-refractivity contribution < 1.29 is 23.9 Å². The summed E-state index contributed by atoms with van der Waals surface area (Å²) in [5.41, 5.74) is 1.23. The highest BCUT2D eigenvalue weighted by Gasteiger charge is 2.59. The Balaban J connectivity index is 2.02. The molecule has 130 valence electrons. The van der Waals surface area contributed by atoms with Crippen molar-refractivity contribution >= 4 is 35.1 Å². The van der Waals surface area contributed by atoms with E-state index < -0.39 is 35.7 Å². The van der Waals surface area contributed by atoms with E-state index in [0.717, 1.165) is 29.0 Å². The molecule has 8 heteroatoms. The first-order valence-electron chi connectivity index (χ1n) is 7.84. The molecule has 0 radical (unpaired) electrons. The number of benzene rings is 1. The van der Waals surface area contributed by atoms with Crippen molar-refractivity contribution in [3.05, 3.63) is 29.8 Å². The molecule has 2 aliphatic heterocycles. The predicted octanol–water partition coefficient (Wildman–Crippen LogP) is 0.498. The smallest absolute Gasteiger partial charge is 0.355 e.